The van der Waals surface area contributed by atoms with E-state index < -0.39 is 0 Å². The molecule has 0 spiro atoms. The van der Waals surface area contributed by atoms with E-state index in [1.807, 2.05) is 0 Å². The number of hydrogen-bond donors (Lipinski definition) is 0. The first-order valence-corrected chi connectivity index (χ1v) is 6.44. The summed E-state index contributed by atoms with van der Waals surface area (Å²) in [7, 11) is 0. The standard InChI is InChI=1S/C14H21Cl/c1-3-5-8-12-9-6-10-13(11-12)14(15)7-4-2/h6,9-11,14H,3-5,7-8H2,1-2H3. The Hall–Kier alpha value is -0.490. The van der Waals surface area contributed by atoms with Crippen LogP contribution in [0.15, 0.2) is 24.3 Å². The molecule has 0 aromatic heterocycles. The van der Waals surface area contributed by atoms with Crippen molar-refractivity contribution >= 4 is 11.6 Å². The highest BCUT2D eigenvalue weighted by atomic mass is 35.5. The van der Waals surface area contributed by atoms with E-state index in [-0.39, 0.29) is 5.38 Å². The van der Waals surface area contributed by atoms with Crippen LogP contribution in [0.1, 0.15) is 56.0 Å². The van der Waals surface area contributed by atoms with Crippen molar-refractivity contribution in [3.8, 4) is 0 Å². The van der Waals surface area contributed by atoms with Gasteiger partial charge in [-0.3, -0.25) is 0 Å². The van der Waals surface area contributed by atoms with E-state index in [0.717, 1.165) is 12.8 Å². The Morgan fingerprint density at radius 3 is 2.67 bits per heavy atom. The normalized spacial score (nSPS) is 12.7. The summed E-state index contributed by atoms with van der Waals surface area (Å²) in [5.74, 6) is 0. The van der Waals surface area contributed by atoms with E-state index in [1.54, 1.807) is 0 Å². The van der Waals surface area contributed by atoms with Gasteiger partial charge in [0.1, 0.15) is 0 Å². The summed E-state index contributed by atoms with van der Waals surface area (Å²) in [5, 5.41) is 0.191. The Morgan fingerprint density at radius 1 is 1.20 bits per heavy atom. The Bertz CT molecular complexity index is 280. The van der Waals surface area contributed by atoms with Gasteiger partial charge in [-0.15, -0.1) is 11.6 Å². The lowest BCUT2D eigenvalue weighted by Crippen LogP contribution is -1.92. The smallest absolute Gasteiger partial charge is 0.0585 e. The summed E-state index contributed by atoms with van der Waals surface area (Å²) in [4.78, 5) is 0. The molecule has 0 amide bonds. The van der Waals surface area contributed by atoms with Gasteiger partial charge in [0, 0.05) is 0 Å². The van der Waals surface area contributed by atoms with Gasteiger partial charge in [0.15, 0.2) is 0 Å². The predicted molar refractivity (Wildman–Crippen MR) is 68.6 cm³/mol. The van der Waals surface area contributed by atoms with Crippen LogP contribution in [0.25, 0.3) is 0 Å². The van der Waals surface area contributed by atoms with Gasteiger partial charge in [-0.2, -0.15) is 0 Å². The third kappa shape index (κ3) is 4.25. The van der Waals surface area contributed by atoms with E-state index in [4.69, 9.17) is 11.6 Å². The molecule has 1 atom stereocenters. The summed E-state index contributed by atoms with van der Waals surface area (Å²) in [5.41, 5.74) is 2.71. The van der Waals surface area contributed by atoms with Crippen LogP contribution in [0.4, 0.5) is 0 Å². The van der Waals surface area contributed by atoms with Crippen LogP contribution in [-0.4, -0.2) is 0 Å². The molecule has 1 heteroatoms. The summed E-state index contributed by atoms with van der Waals surface area (Å²) >= 11 is 6.31. The van der Waals surface area contributed by atoms with E-state index in [2.05, 4.69) is 38.1 Å². The fraction of sp³-hybridized carbons (Fsp3) is 0.571. The minimum atomic E-state index is 0.191. The molecule has 0 bridgehead atoms. The lowest BCUT2D eigenvalue weighted by atomic mass is 10.0. The number of rotatable bonds is 6. The second-order valence-electron chi connectivity index (χ2n) is 4.10. The van der Waals surface area contributed by atoms with Crippen molar-refractivity contribution in [3.63, 3.8) is 0 Å². The van der Waals surface area contributed by atoms with Gasteiger partial charge in [-0.05, 0) is 30.4 Å². The summed E-state index contributed by atoms with van der Waals surface area (Å²) in [6, 6.07) is 8.74. The Labute approximate surface area is 98.7 Å². The van der Waals surface area contributed by atoms with E-state index in [1.165, 1.54) is 30.4 Å². The van der Waals surface area contributed by atoms with Crippen molar-refractivity contribution in [1.29, 1.82) is 0 Å². The largest absolute Gasteiger partial charge is 0.118 e. The monoisotopic (exact) mass is 224 g/mol. The van der Waals surface area contributed by atoms with Crippen LogP contribution in [-0.2, 0) is 6.42 Å². The maximum absolute atomic E-state index is 6.31. The first-order chi connectivity index (χ1) is 7.27. The van der Waals surface area contributed by atoms with Gasteiger partial charge in [-0.25, -0.2) is 0 Å². The number of benzene rings is 1. The lowest BCUT2D eigenvalue weighted by Gasteiger charge is -2.10. The Balaban J connectivity index is 2.64. The average Bonchev–Trinajstić information content (AvgIpc) is 2.27. The molecule has 1 aromatic carbocycles. The van der Waals surface area contributed by atoms with Gasteiger partial charge in [-0.1, -0.05) is 51.0 Å². The van der Waals surface area contributed by atoms with E-state index >= 15 is 0 Å². The molecule has 84 valence electrons. The SMILES string of the molecule is CCCCc1cccc(C(Cl)CCC)c1. The number of aryl methyl sites for hydroxylation is 1. The molecule has 0 aliphatic carbocycles. The van der Waals surface area contributed by atoms with Crippen LogP contribution in [0.5, 0.6) is 0 Å². The molecule has 0 heterocycles. The minimum Gasteiger partial charge on any atom is -0.118 e. The number of unbranched alkanes of at least 4 members (excludes halogenated alkanes) is 1. The molecule has 0 radical (unpaired) electrons. The fourth-order valence-corrected chi connectivity index (χ4v) is 2.10. The summed E-state index contributed by atoms with van der Waals surface area (Å²) in [6.07, 6.45) is 5.92. The quantitative estimate of drug-likeness (QED) is 0.589. The molecule has 15 heavy (non-hydrogen) atoms. The van der Waals surface area contributed by atoms with Gasteiger partial charge in [0.05, 0.1) is 5.38 Å². The van der Waals surface area contributed by atoms with Gasteiger partial charge < -0.3 is 0 Å². The molecule has 0 aliphatic heterocycles. The lowest BCUT2D eigenvalue weighted by molar-refractivity contribution is 0.763. The summed E-state index contributed by atoms with van der Waals surface area (Å²) < 4.78 is 0. The van der Waals surface area contributed by atoms with Crippen LogP contribution >= 0.6 is 11.6 Å². The van der Waals surface area contributed by atoms with Crippen molar-refractivity contribution in [1.82, 2.24) is 0 Å². The summed E-state index contributed by atoms with van der Waals surface area (Å²) in [6.45, 7) is 4.40. The van der Waals surface area contributed by atoms with Crippen LogP contribution in [0, 0.1) is 0 Å². The van der Waals surface area contributed by atoms with Crippen molar-refractivity contribution < 1.29 is 0 Å². The fourth-order valence-electron chi connectivity index (χ4n) is 1.74. The molecule has 0 fully saturated rings. The molecule has 1 unspecified atom stereocenters. The third-order valence-corrected chi connectivity index (χ3v) is 3.14. The van der Waals surface area contributed by atoms with E-state index in [0.29, 0.717) is 0 Å². The van der Waals surface area contributed by atoms with Crippen molar-refractivity contribution in [3.05, 3.63) is 35.4 Å². The number of halogens is 1. The first kappa shape index (κ1) is 12.6. The van der Waals surface area contributed by atoms with Gasteiger partial charge >= 0.3 is 0 Å². The van der Waals surface area contributed by atoms with Gasteiger partial charge in [0.25, 0.3) is 0 Å². The van der Waals surface area contributed by atoms with Crippen molar-refractivity contribution in [2.45, 2.75) is 51.3 Å². The molecule has 0 nitrogen and oxygen atoms in total. The van der Waals surface area contributed by atoms with E-state index in [9.17, 15) is 0 Å². The van der Waals surface area contributed by atoms with Crippen molar-refractivity contribution in [2.75, 3.05) is 0 Å². The zero-order valence-corrected chi connectivity index (χ0v) is 10.6. The average molecular weight is 225 g/mol. The third-order valence-electron chi connectivity index (χ3n) is 2.67. The molecule has 1 rings (SSSR count). The first-order valence-electron chi connectivity index (χ1n) is 6.00. The zero-order valence-electron chi connectivity index (χ0n) is 9.80. The van der Waals surface area contributed by atoms with Gasteiger partial charge in [0.2, 0.25) is 0 Å². The number of hydrogen-bond acceptors (Lipinski definition) is 0. The molecular formula is C14H21Cl. The van der Waals surface area contributed by atoms with Crippen LogP contribution < -0.4 is 0 Å². The zero-order chi connectivity index (χ0) is 11.1. The molecule has 0 saturated carbocycles. The second kappa shape index (κ2) is 6.90. The molecule has 0 N–H and O–H groups in total. The molecule has 0 aliphatic rings. The maximum atomic E-state index is 6.31. The topological polar surface area (TPSA) is 0 Å². The molecule has 0 saturated heterocycles. The predicted octanol–water partition coefficient (Wildman–Crippen LogP) is 5.11. The highest BCUT2D eigenvalue weighted by molar-refractivity contribution is 6.20. The Morgan fingerprint density at radius 2 is 2.00 bits per heavy atom. The van der Waals surface area contributed by atoms with Crippen LogP contribution in [0.3, 0.4) is 0 Å². The second-order valence-corrected chi connectivity index (χ2v) is 4.63. The van der Waals surface area contributed by atoms with Crippen molar-refractivity contribution in [2.24, 2.45) is 0 Å². The van der Waals surface area contributed by atoms with Crippen LogP contribution in [0.2, 0.25) is 0 Å². The maximum Gasteiger partial charge on any atom is 0.0585 e. The highest BCUT2D eigenvalue weighted by Crippen LogP contribution is 2.26. The minimum absolute atomic E-state index is 0.191. The molecule has 1 aromatic rings. The molecular weight excluding hydrogens is 204 g/mol. The highest BCUT2D eigenvalue weighted by Gasteiger charge is 2.06. The Kier molecular flexibility index (Phi) is 5.78. The number of alkyl halides is 1.